The smallest absolute Gasteiger partial charge is 0.251 e. The van der Waals surface area contributed by atoms with Gasteiger partial charge in [0.2, 0.25) is 5.91 Å². The predicted octanol–water partition coefficient (Wildman–Crippen LogP) is 2.66. The van der Waals surface area contributed by atoms with E-state index in [2.05, 4.69) is 31.0 Å². The first-order valence-electron chi connectivity index (χ1n) is 9.40. The molecule has 138 valence electrons. The molecule has 0 atom stereocenters. The standard InChI is InChI=1S/C20H31N3O2/c1-4-22(16(2)3)15-17-8-10-18(11-9-17)20(25)21-12-6-14-23-13-5-7-19(23)24/h8-11,16H,4-7,12-15H2,1-3H3,(H,21,25). The van der Waals surface area contributed by atoms with E-state index >= 15 is 0 Å². The minimum absolute atomic E-state index is 0.0458. The molecule has 1 aliphatic rings. The monoisotopic (exact) mass is 345 g/mol. The molecule has 1 aliphatic heterocycles. The van der Waals surface area contributed by atoms with Crippen LogP contribution >= 0.6 is 0 Å². The van der Waals surface area contributed by atoms with Gasteiger partial charge in [-0.05, 0) is 50.9 Å². The number of amides is 2. The van der Waals surface area contributed by atoms with Crippen molar-refractivity contribution >= 4 is 11.8 Å². The fourth-order valence-electron chi connectivity index (χ4n) is 3.17. The lowest BCUT2D eigenvalue weighted by Gasteiger charge is -2.24. The average molecular weight is 345 g/mol. The molecule has 1 N–H and O–H groups in total. The quantitative estimate of drug-likeness (QED) is 0.700. The summed E-state index contributed by atoms with van der Waals surface area (Å²) in [6.45, 7) is 10.7. The topological polar surface area (TPSA) is 52.7 Å². The van der Waals surface area contributed by atoms with Gasteiger partial charge in [-0.3, -0.25) is 14.5 Å². The summed E-state index contributed by atoms with van der Waals surface area (Å²) in [7, 11) is 0. The zero-order valence-corrected chi connectivity index (χ0v) is 15.8. The van der Waals surface area contributed by atoms with Gasteiger partial charge in [-0.2, -0.15) is 0 Å². The first-order valence-corrected chi connectivity index (χ1v) is 9.40. The number of likely N-dealkylation sites (tertiary alicyclic amines) is 1. The molecule has 5 heteroatoms. The van der Waals surface area contributed by atoms with Gasteiger partial charge >= 0.3 is 0 Å². The van der Waals surface area contributed by atoms with Crippen molar-refractivity contribution in [2.75, 3.05) is 26.2 Å². The third-order valence-electron chi connectivity index (χ3n) is 4.80. The highest BCUT2D eigenvalue weighted by Gasteiger charge is 2.19. The van der Waals surface area contributed by atoms with Gasteiger partial charge in [0.05, 0.1) is 0 Å². The Balaban J connectivity index is 1.75. The average Bonchev–Trinajstić information content (AvgIpc) is 3.01. The molecular formula is C20H31N3O2. The van der Waals surface area contributed by atoms with Crippen LogP contribution in [0.2, 0.25) is 0 Å². The second kappa shape index (κ2) is 9.56. The lowest BCUT2D eigenvalue weighted by molar-refractivity contribution is -0.127. The van der Waals surface area contributed by atoms with Gasteiger partial charge in [-0.1, -0.05) is 19.1 Å². The summed E-state index contributed by atoms with van der Waals surface area (Å²) in [4.78, 5) is 28.0. The van der Waals surface area contributed by atoms with E-state index in [9.17, 15) is 9.59 Å². The van der Waals surface area contributed by atoms with Crippen LogP contribution in [0, 0.1) is 0 Å². The predicted molar refractivity (Wildman–Crippen MR) is 100 cm³/mol. The molecule has 5 nitrogen and oxygen atoms in total. The number of benzene rings is 1. The normalized spacial score (nSPS) is 14.6. The Morgan fingerprint density at radius 2 is 2.00 bits per heavy atom. The van der Waals surface area contributed by atoms with E-state index in [1.165, 1.54) is 5.56 Å². The lowest BCUT2D eigenvalue weighted by Crippen LogP contribution is -2.31. The number of nitrogens with zero attached hydrogens (tertiary/aromatic N) is 2. The highest BCUT2D eigenvalue weighted by Crippen LogP contribution is 2.11. The van der Waals surface area contributed by atoms with Gasteiger partial charge in [0.1, 0.15) is 0 Å². The summed E-state index contributed by atoms with van der Waals surface area (Å²) >= 11 is 0. The molecule has 1 aromatic rings. The van der Waals surface area contributed by atoms with Crippen molar-refractivity contribution in [3.8, 4) is 0 Å². The van der Waals surface area contributed by atoms with Crippen molar-refractivity contribution in [1.82, 2.24) is 15.1 Å². The molecule has 0 bridgehead atoms. The van der Waals surface area contributed by atoms with Crippen molar-refractivity contribution in [2.45, 2.75) is 52.6 Å². The van der Waals surface area contributed by atoms with E-state index in [0.29, 0.717) is 24.6 Å². The molecule has 0 spiro atoms. The Kier molecular flexibility index (Phi) is 7.44. The fraction of sp³-hybridized carbons (Fsp3) is 0.600. The fourth-order valence-corrected chi connectivity index (χ4v) is 3.17. The highest BCUT2D eigenvalue weighted by atomic mass is 16.2. The molecule has 0 saturated carbocycles. The molecule has 0 aromatic heterocycles. The molecule has 2 amide bonds. The molecule has 1 saturated heterocycles. The number of nitrogens with one attached hydrogen (secondary N) is 1. The molecule has 0 aliphatic carbocycles. The van der Waals surface area contributed by atoms with Gasteiger partial charge < -0.3 is 10.2 Å². The SMILES string of the molecule is CCN(Cc1ccc(C(=O)NCCCN2CCCC2=O)cc1)C(C)C. The first-order chi connectivity index (χ1) is 12.0. The lowest BCUT2D eigenvalue weighted by atomic mass is 10.1. The van der Waals surface area contributed by atoms with Crippen molar-refractivity contribution in [3.63, 3.8) is 0 Å². The molecule has 1 aromatic carbocycles. The maximum absolute atomic E-state index is 12.2. The summed E-state index contributed by atoms with van der Waals surface area (Å²) < 4.78 is 0. The molecule has 0 radical (unpaired) electrons. The van der Waals surface area contributed by atoms with E-state index < -0.39 is 0 Å². The van der Waals surface area contributed by atoms with E-state index in [1.54, 1.807) is 0 Å². The largest absolute Gasteiger partial charge is 0.352 e. The van der Waals surface area contributed by atoms with Crippen LogP contribution in [0.25, 0.3) is 0 Å². The van der Waals surface area contributed by atoms with Gasteiger partial charge in [0.25, 0.3) is 5.91 Å². The third-order valence-corrected chi connectivity index (χ3v) is 4.80. The van der Waals surface area contributed by atoms with Crippen LogP contribution in [-0.4, -0.2) is 53.8 Å². The highest BCUT2D eigenvalue weighted by molar-refractivity contribution is 5.94. The van der Waals surface area contributed by atoms with Crippen LogP contribution in [0.4, 0.5) is 0 Å². The summed E-state index contributed by atoms with van der Waals surface area (Å²) in [5, 5.41) is 2.94. The number of rotatable bonds is 9. The Morgan fingerprint density at radius 1 is 1.28 bits per heavy atom. The minimum Gasteiger partial charge on any atom is -0.352 e. The summed E-state index contributed by atoms with van der Waals surface area (Å²) in [6.07, 6.45) is 2.43. The van der Waals surface area contributed by atoms with E-state index in [1.807, 2.05) is 29.2 Å². The van der Waals surface area contributed by atoms with Crippen LogP contribution in [0.1, 0.15) is 56.0 Å². The maximum atomic E-state index is 12.2. The molecule has 25 heavy (non-hydrogen) atoms. The van der Waals surface area contributed by atoms with Gasteiger partial charge in [0, 0.05) is 44.2 Å². The molecule has 0 unspecified atom stereocenters. The first kappa shape index (κ1) is 19.4. The van der Waals surface area contributed by atoms with Crippen molar-refractivity contribution in [2.24, 2.45) is 0 Å². The van der Waals surface area contributed by atoms with Crippen molar-refractivity contribution in [3.05, 3.63) is 35.4 Å². The van der Waals surface area contributed by atoms with Crippen molar-refractivity contribution in [1.29, 1.82) is 0 Å². The van der Waals surface area contributed by atoms with E-state index in [0.717, 1.165) is 39.0 Å². The Bertz CT molecular complexity index is 569. The summed E-state index contributed by atoms with van der Waals surface area (Å²) in [5.41, 5.74) is 1.91. The van der Waals surface area contributed by atoms with Crippen LogP contribution in [-0.2, 0) is 11.3 Å². The maximum Gasteiger partial charge on any atom is 0.251 e. The second-order valence-corrected chi connectivity index (χ2v) is 6.95. The number of carbonyl (C=O) groups is 2. The minimum atomic E-state index is -0.0458. The number of hydrogen-bond donors (Lipinski definition) is 1. The van der Waals surface area contributed by atoms with E-state index in [-0.39, 0.29) is 11.8 Å². The zero-order valence-electron chi connectivity index (χ0n) is 15.8. The summed E-state index contributed by atoms with van der Waals surface area (Å²) in [6, 6.07) is 8.35. The number of carbonyl (C=O) groups excluding carboxylic acids is 2. The van der Waals surface area contributed by atoms with Crippen molar-refractivity contribution < 1.29 is 9.59 Å². The summed E-state index contributed by atoms with van der Waals surface area (Å²) in [5.74, 6) is 0.194. The third kappa shape index (κ3) is 5.85. The van der Waals surface area contributed by atoms with Gasteiger partial charge in [-0.15, -0.1) is 0 Å². The second-order valence-electron chi connectivity index (χ2n) is 6.95. The molecule has 2 rings (SSSR count). The van der Waals surface area contributed by atoms with E-state index in [4.69, 9.17) is 0 Å². The van der Waals surface area contributed by atoms with Gasteiger partial charge in [-0.25, -0.2) is 0 Å². The number of hydrogen-bond acceptors (Lipinski definition) is 3. The molecular weight excluding hydrogens is 314 g/mol. The van der Waals surface area contributed by atoms with Crippen LogP contribution in [0.15, 0.2) is 24.3 Å². The van der Waals surface area contributed by atoms with Gasteiger partial charge in [0.15, 0.2) is 0 Å². The van der Waals surface area contributed by atoms with Crippen LogP contribution in [0.3, 0.4) is 0 Å². The molecule has 1 fully saturated rings. The molecule has 1 heterocycles. The van der Waals surface area contributed by atoms with Crippen LogP contribution < -0.4 is 5.32 Å². The van der Waals surface area contributed by atoms with Crippen LogP contribution in [0.5, 0.6) is 0 Å². The Labute approximate surface area is 151 Å². The zero-order chi connectivity index (χ0) is 18.2. The Hall–Kier alpha value is -1.88. The Morgan fingerprint density at radius 3 is 2.56 bits per heavy atom.